The molecule has 0 bridgehead atoms. The Bertz CT molecular complexity index is 672. The molecule has 0 aliphatic heterocycles. The number of alkyl halides is 3. The maximum Gasteiger partial charge on any atom is 0.407 e. The van der Waals surface area contributed by atoms with Crippen molar-refractivity contribution in [2.75, 3.05) is 0 Å². The molecule has 1 saturated carbocycles. The van der Waals surface area contributed by atoms with Crippen LogP contribution in [0, 0.1) is 5.82 Å². The Morgan fingerprint density at radius 2 is 1.90 bits per heavy atom. The highest BCUT2D eigenvalue weighted by molar-refractivity contribution is 7.89. The van der Waals surface area contributed by atoms with E-state index in [-0.39, 0.29) is 30.0 Å². The monoisotopic (exact) mass is 346 g/mol. The van der Waals surface area contributed by atoms with Crippen molar-refractivity contribution in [3.8, 4) is 0 Å². The highest BCUT2D eigenvalue weighted by Gasteiger charge is 2.65. The van der Waals surface area contributed by atoms with E-state index in [9.17, 15) is 26.0 Å². The van der Waals surface area contributed by atoms with Crippen molar-refractivity contribution in [3.63, 3.8) is 0 Å². The summed E-state index contributed by atoms with van der Waals surface area (Å²) in [6.07, 6.45) is -5.52. The smallest absolute Gasteiger partial charge is 0.326 e. The molecule has 0 spiro atoms. The molecule has 1 fully saturated rings. The van der Waals surface area contributed by atoms with Gasteiger partial charge in [-0.3, -0.25) is 0 Å². The Hall–Kier alpha value is -0.900. The molecule has 10 heteroatoms. The lowest BCUT2D eigenvalue weighted by molar-refractivity contribution is -0.160. The minimum Gasteiger partial charge on any atom is -0.326 e. The second-order valence-corrected chi connectivity index (χ2v) is 6.85. The van der Waals surface area contributed by atoms with Crippen LogP contribution in [0.4, 0.5) is 17.6 Å². The van der Waals surface area contributed by atoms with Crippen molar-refractivity contribution < 1.29 is 26.0 Å². The first-order chi connectivity index (χ1) is 9.52. The second-order valence-electron chi connectivity index (χ2n) is 4.77. The van der Waals surface area contributed by atoms with Crippen molar-refractivity contribution in [2.45, 2.75) is 36.0 Å². The molecule has 4 nitrogen and oxygen atoms in total. The molecule has 3 N–H and O–H groups in total. The van der Waals surface area contributed by atoms with Gasteiger partial charge >= 0.3 is 6.18 Å². The lowest BCUT2D eigenvalue weighted by Crippen LogP contribution is -2.47. The molecule has 0 saturated heterocycles. The van der Waals surface area contributed by atoms with Crippen LogP contribution in [0.5, 0.6) is 0 Å². The maximum absolute atomic E-state index is 14.0. The average Bonchev–Trinajstić information content (AvgIpc) is 3.11. The SMILES string of the molecule is NCc1cc(Cl)cc(S(=O)(=O)NC2(C(F)(F)F)CC2)c1F. The van der Waals surface area contributed by atoms with Gasteiger partial charge in [0.2, 0.25) is 10.0 Å². The van der Waals surface area contributed by atoms with Gasteiger partial charge in [-0.25, -0.2) is 12.8 Å². The first-order valence-corrected chi connectivity index (χ1v) is 7.67. The van der Waals surface area contributed by atoms with Crippen LogP contribution in [-0.2, 0) is 16.6 Å². The number of hydrogen-bond donors (Lipinski definition) is 2. The summed E-state index contributed by atoms with van der Waals surface area (Å²) < 4.78 is 78.0. The molecule has 1 aliphatic carbocycles. The number of halogens is 5. The van der Waals surface area contributed by atoms with E-state index in [2.05, 4.69) is 0 Å². The number of nitrogens with two attached hydrogens (primary N) is 1. The first-order valence-electron chi connectivity index (χ1n) is 5.81. The summed E-state index contributed by atoms with van der Waals surface area (Å²) in [6, 6.07) is 1.87. The second kappa shape index (κ2) is 5.08. The van der Waals surface area contributed by atoms with Crippen molar-refractivity contribution in [1.29, 1.82) is 0 Å². The van der Waals surface area contributed by atoms with Crippen molar-refractivity contribution >= 4 is 21.6 Å². The molecule has 0 heterocycles. The van der Waals surface area contributed by atoms with Crippen molar-refractivity contribution in [2.24, 2.45) is 5.73 Å². The molecule has 1 aromatic rings. The molecule has 2 rings (SSSR count). The molecular formula is C11H11ClF4N2O2S. The maximum atomic E-state index is 14.0. The first kappa shape index (κ1) is 16.5. The Kier molecular flexibility index (Phi) is 3.98. The van der Waals surface area contributed by atoms with Gasteiger partial charge in [0.05, 0.1) is 0 Å². The summed E-state index contributed by atoms with van der Waals surface area (Å²) in [5.41, 5.74) is 2.53. The minimum absolute atomic E-state index is 0.130. The Balaban J connectivity index is 2.44. The number of sulfonamides is 1. The van der Waals surface area contributed by atoms with E-state index in [0.29, 0.717) is 0 Å². The third kappa shape index (κ3) is 3.01. The standard InChI is InChI=1S/C11H11ClF4N2O2S/c12-7-3-6(5-17)9(13)8(4-7)21(19,20)18-10(1-2-10)11(14,15)16/h3-4,18H,1-2,5,17H2. The van der Waals surface area contributed by atoms with Gasteiger partial charge in [-0.1, -0.05) is 11.6 Å². The van der Waals surface area contributed by atoms with Crippen LogP contribution in [0.25, 0.3) is 0 Å². The fourth-order valence-corrected chi connectivity index (χ4v) is 3.74. The Morgan fingerprint density at radius 1 is 1.33 bits per heavy atom. The lowest BCUT2D eigenvalue weighted by atomic mass is 10.2. The predicted octanol–water partition coefficient (Wildman–Crippen LogP) is 2.31. The predicted molar refractivity (Wildman–Crippen MR) is 67.6 cm³/mol. The van der Waals surface area contributed by atoms with Gasteiger partial charge in [0.15, 0.2) is 0 Å². The zero-order valence-corrected chi connectivity index (χ0v) is 12.0. The third-order valence-electron chi connectivity index (χ3n) is 3.21. The van der Waals surface area contributed by atoms with Crippen molar-refractivity contribution in [3.05, 3.63) is 28.5 Å². The van der Waals surface area contributed by atoms with E-state index >= 15 is 0 Å². The summed E-state index contributed by atoms with van der Waals surface area (Å²) in [7, 11) is -4.71. The van der Waals surface area contributed by atoms with Crippen LogP contribution in [0.2, 0.25) is 5.02 Å². The highest BCUT2D eigenvalue weighted by Crippen LogP contribution is 2.49. The van der Waals surface area contributed by atoms with Crippen LogP contribution in [0.15, 0.2) is 17.0 Å². The van der Waals surface area contributed by atoms with E-state index < -0.39 is 32.5 Å². The molecule has 0 aromatic heterocycles. The molecule has 0 radical (unpaired) electrons. The third-order valence-corrected chi connectivity index (χ3v) is 4.96. The van der Waals surface area contributed by atoms with E-state index in [4.69, 9.17) is 17.3 Å². The molecule has 118 valence electrons. The van der Waals surface area contributed by atoms with Crippen LogP contribution in [0.1, 0.15) is 18.4 Å². The van der Waals surface area contributed by atoms with Gasteiger partial charge in [0, 0.05) is 17.1 Å². The van der Waals surface area contributed by atoms with Gasteiger partial charge in [-0.2, -0.15) is 17.9 Å². The molecule has 0 unspecified atom stereocenters. The van der Waals surface area contributed by atoms with E-state index in [0.717, 1.165) is 12.1 Å². The summed E-state index contributed by atoms with van der Waals surface area (Å²) in [4.78, 5) is -0.939. The number of nitrogens with one attached hydrogen (secondary N) is 1. The lowest BCUT2D eigenvalue weighted by Gasteiger charge is -2.21. The number of benzene rings is 1. The molecule has 21 heavy (non-hydrogen) atoms. The average molecular weight is 347 g/mol. The largest absolute Gasteiger partial charge is 0.407 e. The van der Waals surface area contributed by atoms with Crippen LogP contribution >= 0.6 is 11.6 Å². The molecule has 0 atom stereocenters. The van der Waals surface area contributed by atoms with Gasteiger partial charge in [-0.15, -0.1) is 0 Å². The number of hydrogen-bond acceptors (Lipinski definition) is 3. The quantitative estimate of drug-likeness (QED) is 0.822. The van der Waals surface area contributed by atoms with Crippen molar-refractivity contribution in [1.82, 2.24) is 4.72 Å². The van der Waals surface area contributed by atoms with E-state index in [1.165, 1.54) is 4.72 Å². The summed E-state index contributed by atoms with van der Waals surface area (Å²) in [5, 5.41) is -0.130. The van der Waals surface area contributed by atoms with Crippen LogP contribution in [0.3, 0.4) is 0 Å². The Labute approximate surface area is 123 Å². The van der Waals surface area contributed by atoms with Gasteiger partial charge in [0.25, 0.3) is 0 Å². The molecule has 0 amide bonds. The zero-order valence-electron chi connectivity index (χ0n) is 10.5. The zero-order chi connectivity index (χ0) is 16.1. The topological polar surface area (TPSA) is 72.2 Å². The van der Waals surface area contributed by atoms with Gasteiger partial charge < -0.3 is 5.73 Å². The fourth-order valence-electron chi connectivity index (χ4n) is 1.84. The van der Waals surface area contributed by atoms with Gasteiger partial charge in [0.1, 0.15) is 16.3 Å². The fraction of sp³-hybridized carbons (Fsp3) is 0.455. The summed E-state index contributed by atoms with van der Waals surface area (Å²) >= 11 is 5.65. The highest BCUT2D eigenvalue weighted by atomic mass is 35.5. The molecule has 1 aliphatic rings. The Morgan fingerprint density at radius 3 is 2.33 bits per heavy atom. The van der Waals surface area contributed by atoms with Gasteiger partial charge in [-0.05, 0) is 25.0 Å². The van der Waals surface area contributed by atoms with Crippen LogP contribution in [-0.4, -0.2) is 20.1 Å². The minimum atomic E-state index is -4.74. The normalized spacial score (nSPS) is 17.8. The van der Waals surface area contributed by atoms with E-state index in [1.807, 2.05) is 0 Å². The molecular weight excluding hydrogens is 336 g/mol. The van der Waals surface area contributed by atoms with Crippen LogP contribution < -0.4 is 10.5 Å². The molecule has 1 aromatic carbocycles. The number of rotatable bonds is 4. The van der Waals surface area contributed by atoms with E-state index in [1.54, 1.807) is 0 Å². The summed E-state index contributed by atoms with van der Waals surface area (Å²) in [5.74, 6) is -1.20. The summed E-state index contributed by atoms with van der Waals surface area (Å²) in [6.45, 7) is -0.334.